The Morgan fingerprint density at radius 1 is 1.00 bits per heavy atom. The first-order valence-electron chi connectivity index (χ1n) is 10.0. The lowest BCUT2D eigenvalue weighted by Gasteiger charge is -2.44. The molecule has 1 unspecified atom stereocenters. The number of carbonyl (C=O) groups excluding carboxylic acids is 1. The van der Waals surface area contributed by atoms with Gasteiger partial charge in [-0.15, -0.1) is 0 Å². The number of carboxylic acids is 1. The van der Waals surface area contributed by atoms with E-state index in [1.165, 1.54) is 0 Å². The van der Waals surface area contributed by atoms with Crippen LogP contribution in [0.4, 0.5) is 4.79 Å². The van der Waals surface area contributed by atoms with Gasteiger partial charge in [0.15, 0.2) is 5.66 Å². The molecule has 0 saturated carbocycles. The molecule has 148 valence electrons. The molecule has 3 rings (SSSR count). The maximum Gasteiger partial charge on any atom is 0.344 e. The molecule has 8 nitrogen and oxygen atoms in total. The highest BCUT2D eigenvalue weighted by Crippen LogP contribution is 2.20. The summed E-state index contributed by atoms with van der Waals surface area (Å²) in [5.74, 6) is -0.985. The molecule has 3 fully saturated rings. The number of amides is 2. The Labute approximate surface area is 155 Å². The van der Waals surface area contributed by atoms with Gasteiger partial charge in [-0.2, -0.15) is 0 Å². The number of aliphatic carboxylic acids is 1. The van der Waals surface area contributed by atoms with Crippen LogP contribution in [0.1, 0.15) is 39.0 Å². The van der Waals surface area contributed by atoms with Gasteiger partial charge in [-0.05, 0) is 45.7 Å². The number of hydrogen-bond acceptors (Lipinski definition) is 5. The standard InChI is InChI=1S/C18H33N5O3/c1-18(16(24)25,23-9-3-2-4-10-23)20-17(26)22-13-11-21(12-14-22)15-5-7-19-8-6-15/h15,19H,2-14H2,1H3,(H,20,26)(H,24,25). The highest BCUT2D eigenvalue weighted by molar-refractivity contribution is 5.85. The average Bonchev–Trinajstić information content (AvgIpc) is 2.69. The summed E-state index contributed by atoms with van der Waals surface area (Å²) < 4.78 is 0. The van der Waals surface area contributed by atoms with Gasteiger partial charge in [0, 0.05) is 45.3 Å². The van der Waals surface area contributed by atoms with Crippen molar-refractivity contribution >= 4 is 12.0 Å². The van der Waals surface area contributed by atoms with Crippen molar-refractivity contribution in [2.24, 2.45) is 0 Å². The van der Waals surface area contributed by atoms with E-state index in [-0.39, 0.29) is 6.03 Å². The molecule has 3 heterocycles. The fourth-order valence-electron chi connectivity index (χ4n) is 4.36. The second kappa shape index (κ2) is 8.54. The molecule has 26 heavy (non-hydrogen) atoms. The van der Waals surface area contributed by atoms with Gasteiger partial charge in [0.25, 0.3) is 0 Å². The first kappa shape index (κ1) is 19.4. The van der Waals surface area contributed by atoms with E-state index in [2.05, 4.69) is 15.5 Å². The van der Waals surface area contributed by atoms with Crippen LogP contribution in [-0.2, 0) is 4.79 Å². The first-order chi connectivity index (χ1) is 12.5. The molecule has 0 spiro atoms. The number of hydrogen-bond donors (Lipinski definition) is 3. The Kier molecular flexibility index (Phi) is 6.37. The molecule has 3 aliphatic rings. The molecule has 0 aromatic rings. The van der Waals surface area contributed by atoms with E-state index in [0.717, 1.165) is 58.3 Å². The number of carboxylic acid groups (broad SMARTS) is 1. The number of nitrogens with one attached hydrogen (secondary N) is 2. The summed E-state index contributed by atoms with van der Waals surface area (Å²) in [6.45, 7) is 8.23. The quantitative estimate of drug-likeness (QED) is 0.665. The number of likely N-dealkylation sites (tertiary alicyclic amines) is 1. The van der Waals surface area contributed by atoms with Gasteiger partial charge in [-0.3, -0.25) is 9.80 Å². The second-order valence-corrected chi connectivity index (χ2v) is 7.86. The van der Waals surface area contributed by atoms with Crippen LogP contribution in [0.25, 0.3) is 0 Å². The SMILES string of the molecule is CC(NC(=O)N1CCN(C2CCNCC2)CC1)(C(=O)O)N1CCCCC1. The zero-order valence-corrected chi connectivity index (χ0v) is 15.9. The van der Waals surface area contributed by atoms with Crippen molar-refractivity contribution in [3.63, 3.8) is 0 Å². The summed E-state index contributed by atoms with van der Waals surface area (Å²) in [7, 11) is 0. The fraction of sp³-hybridized carbons (Fsp3) is 0.889. The molecule has 1 atom stereocenters. The molecule has 0 bridgehead atoms. The number of piperidine rings is 2. The van der Waals surface area contributed by atoms with E-state index in [0.29, 0.717) is 32.2 Å². The number of rotatable bonds is 4. The zero-order chi connectivity index (χ0) is 18.6. The predicted molar refractivity (Wildman–Crippen MR) is 99.0 cm³/mol. The number of carbonyl (C=O) groups is 2. The molecule has 0 aromatic heterocycles. The smallest absolute Gasteiger partial charge is 0.344 e. The van der Waals surface area contributed by atoms with Crippen LogP contribution in [0.2, 0.25) is 0 Å². The van der Waals surface area contributed by atoms with Crippen LogP contribution in [0, 0.1) is 0 Å². The molecule has 3 aliphatic heterocycles. The lowest BCUT2D eigenvalue weighted by Crippen LogP contribution is -2.67. The number of piperazine rings is 1. The highest BCUT2D eigenvalue weighted by atomic mass is 16.4. The number of nitrogens with zero attached hydrogens (tertiary/aromatic N) is 3. The molecule has 2 amide bonds. The largest absolute Gasteiger partial charge is 0.478 e. The van der Waals surface area contributed by atoms with Crippen molar-refractivity contribution in [1.82, 2.24) is 25.3 Å². The van der Waals surface area contributed by atoms with Crippen LogP contribution >= 0.6 is 0 Å². The van der Waals surface area contributed by atoms with E-state index >= 15 is 0 Å². The van der Waals surface area contributed by atoms with Crippen molar-refractivity contribution in [2.45, 2.75) is 50.7 Å². The van der Waals surface area contributed by atoms with E-state index in [1.807, 2.05) is 4.90 Å². The van der Waals surface area contributed by atoms with Gasteiger partial charge in [0.2, 0.25) is 0 Å². The van der Waals surface area contributed by atoms with Crippen LogP contribution in [-0.4, -0.2) is 95.9 Å². The van der Waals surface area contributed by atoms with Gasteiger partial charge in [-0.1, -0.05) is 6.42 Å². The summed E-state index contributed by atoms with van der Waals surface area (Å²) >= 11 is 0. The average molecular weight is 367 g/mol. The van der Waals surface area contributed by atoms with E-state index in [9.17, 15) is 14.7 Å². The second-order valence-electron chi connectivity index (χ2n) is 7.86. The first-order valence-corrected chi connectivity index (χ1v) is 10.0. The third-order valence-corrected chi connectivity index (χ3v) is 6.18. The third-order valence-electron chi connectivity index (χ3n) is 6.18. The third kappa shape index (κ3) is 4.29. The Bertz CT molecular complexity index is 497. The van der Waals surface area contributed by atoms with Crippen molar-refractivity contribution in [2.75, 3.05) is 52.4 Å². The van der Waals surface area contributed by atoms with Crippen molar-refractivity contribution < 1.29 is 14.7 Å². The van der Waals surface area contributed by atoms with Crippen LogP contribution in [0.5, 0.6) is 0 Å². The van der Waals surface area contributed by atoms with Crippen molar-refractivity contribution in [3.05, 3.63) is 0 Å². The minimum absolute atomic E-state index is 0.259. The molecule has 0 radical (unpaired) electrons. The normalized spacial score (nSPS) is 26.3. The fourth-order valence-corrected chi connectivity index (χ4v) is 4.36. The van der Waals surface area contributed by atoms with Crippen molar-refractivity contribution in [3.8, 4) is 0 Å². The highest BCUT2D eigenvalue weighted by Gasteiger charge is 2.42. The molecule has 0 aliphatic carbocycles. The maximum atomic E-state index is 12.7. The summed E-state index contributed by atoms with van der Waals surface area (Å²) in [5.41, 5.74) is -1.33. The minimum Gasteiger partial charge on any atom is -0.478 e. The molecule has 8 heteroatoms. The van der Waals surface area contributed by atoms with Gasteiger partial charge in [-0.25, -0.2) is 9.59 Å². The Morgan fingerprint density at radius 2 is 1.62 bits per heavy atom. The predicted octanol–water partition coefficient (Wildman–Crippen LogP) is 0.352. The van der Waals surface area contributed by atoms with E-state index < -0.39 is 11.6 Å². The minimum atomic E-state index is -1.33. The van der Waals surface area contributed by atoms with Crippen LogP contribution < -0.4 is 10.6 Å². The zero-order valence-electron chi connectivity index (χ0n) is 15.9. The monoisotopic (exact) mass is 367 g/mol. The lowest BCUT2D eigenvalue weighted by molar-refractivity contribution is -0.153. The lowest BCUT2D eigenvalue weighted by atomic mass is 10.0. The Hall–Kier alpha value is -1.38. The van der Waals surface area contributed by atoms with Crippen molar-refractivity contribution in [1.29, 1.82) is 0 Å². The van der Waals surface area contributed by atoms with E-state index in [4.69, 9.17) is 0 Å². The van der Waals surface area contributed by atoms with Gasteiger partial charge >= 0.3 is 12.0 Å². The van der Waals surface area contributed by atoms with Crippen LogP contribution in [0.3, 0.4) is 0 Å². The Balaban J connectivity index is 1.54. The molecule has 0 aromatic carbocycles. The Morgan fingerprint density at radius 3 is 2.19 bits per heavy atom. The maximum absolute atomic E-state index is 12.7. The molecule has 3 saturated heterocycles. The summed E-state index contributed by atoms with van der Waals surface area (Å²) in [4.78, 5) is 30.8. The number of urea groups is 1. The van der Waals surface area contributed by atoms with Gasteiger partial charge in [0.05, 0.1) is 0 Å². The van der Waals surface area contributed by atoms with Gasteiger partial charge in [0.1, 0.15) is 0 Å². The molecular formula is C18H33N5O3. The topological polar surface area (TPSA) is 88.2 Å². The summed E-state index contributed by atoms with van der Waals surface area (Å²) in [6.07, 6.45) is 5.41. The molecular weight excluding hydrogens is 334 g/mol. The van der Waals surface area contributed by atoms with E-state index in [1.54, 1.807) is 11.8 Å². The van der Waals surface area contributed by atoms with Gasteiger partial charge < -0.3 is 20.6 Å². The summed E-state index contributed by atoms with van der Waals surface area (Å²) in [6, 6.07) is 0.351. The van der Waals surface area contributed by atoms with Crippen LogP contribution in [0.15, 0.2) is 0 Å². The molecule has 3 N–H and O–H groups in total. The summed E-state index contributed by atoms with van der Waals surface area (Å²) in [5, 5.41) is 16.0.